The van der Waals surface area contributed by atoms with Crippen LogP contribution >= 0.6 is 0 Å². The van der Waals surface area contributed by atoms with Gasteiger partial charge in [-0.3, -0.25) is 14.4 Å². The number of nitrogens with zero attached hydrogens (tertiary/aromatic N) is 1. The molecule has 33 heavy (non-hydrogen) atoms. The Morgan fingerprint density at radius 1 is 1.06 bits per heavy atom. The van der Waals surface area contributed by atoms with Crippen molar-refractivity contribution >= 4 is 29.3 Å². The zero-order valence-electron chi connectivity index (χ0n) is 18.4. The number of ether oxygens (including phenoxy) is 2. The average molecular weight is 450 g/mol. The largest absolute Gasteiger partial charge is 0.454 e. The fraction of sp³-hybridized carbons (Fsp3) is 0.360. The quantitative estimate of drug-likeness (QED) is 0.514. The summed E-state index contributed by atoms with van der Waals surface area (Å²) in [4.78, 5) is 51.1. The topological polar surface area (TPSA) is 102 Å². The molecule has 2 aromatic carbocycles. The molecule has 2 aromatic rings. The van der Waals surface area contributed by atoms with Crippen molar-refractivity contribution < 1.29 is 28.7 Å². The number of rotatable bonds is 7. The van der Waals surface area contributed by atoms with Crippen LogP contribution < -0.4 is 5.32 Å². The van der Waals surface area contributed by atoms with Crippen molar-refractivity contribution in [3.63, 3.8) is 0 Å². The molecule has 4 rings (SSSR count). The number of hydrogen-bond donors (Lipinski definition) is 1. The zero-order valence-corrected chi connectivity index (χ0v) is 18.4. The van der Waals surface area contributed by atoms with Crippen LogP contribution in [0.4, 0.5) is 5.69 Å². The van der Waals surface area contributed by atoms with Gasteiger partial charge in [-0.15, -0.1) is 0 Å². The van der Waals surface area contributed by atoms with Gasteiger partial charge in [-0.2, -0.15) is 0 Å². The molecule has 8 nitrogen and oxygen atoms in total. The van der Waals surface area contributed by atoms with E-state index < -0.39 is 12.1 Å². The number of fused-ring (bicyclic) bond motifs is 1. The first kappa shape index (κ1) is 22.7. The molecule has 172 valence electrons. The third-order valence-electron chi connectivity index (χ3n) is 5.91. The van der Waals surface area contributed by atoms with Crippen LogP contribution in [0.25, 0.3) is 0 Å². The lowest BCUT2D eigenvalue weighted by atomic mass is 10.1. The predicted octanol–water partition coefficient (Wildman–Crippen LogP) is 2.75. The Labute approximate surface area is 191 Å². The SMILES string of the molecule is Cc1ccc(C(=O)COC(=O)c2ccc(NC(=O)CC3OCC4CCCN4C3=O)cc2)cc1. The maximum atomic E-state index is 12.5. The number of carbonyl (C=O) groups excluding carboxylic acids is 4. The highest BCUT2D eigenvalue weighted by Gasteiger charge is 2.39. The number of amides is 2. The Hall–Kier alpha value is -3.52. The Bertz CT molecular complexity index is 1050. The highest BCUT2D eigenvalue weighted by atomic mass is 16.5. The second-order valence-electron chi connectivity index (χ2n) is 8.34. The van der Waals surface area contributed by atoms with Gasteiger partial charge in [0.25, 0.3) is 5.91 Å². The first-order valence-electron chi connectivity index (χ1n) is 11.0. The molecule has 2 saturated heterocycles. The van der Waals surface area contributed by atoms with E-state index in [4.69, 9.17) is 9.47 Å². The lowest BCUT2D eigenvalue weighted by Gasteiger charge is -2.34. The summed E-state index contributed by atoms with van der Waals surface area (Å²) >= 11 is 0. The molecule has 0 aromatic heterocycles. The summed E-state index contributed by atoms with van der Waals surface area (Å²) in [5.41, 5.74) is 2.26. The first-order valence-corrected chi connectivity index (χ1v) is 11.0. The van der Waals surface area contributed by atoms with E-state index in [1.807, 2.05) is 24.0 Å². The predicted molar refractivity (Wildman–Crippen MR) is 120 cm³/mol. The Kier molecular flexibility index (Phi) is 6.84. The van der Waals surface area contributed by atoms with Gasteiger partial charge >= 0.3 is 5.97 Å². The summed E-state index contributed by atoms with van der Waals surface area (Å²) < 4.78 is 10.7. The molecule has 0 saturated carbocycles. The fourth-order valence-electron chi connectivity index (χ4n) is 4.04. The minimum absolute atomic E-state index is 0.0625. The van der Waals surface area contributed by atoms with Gasteiger partial charge < -0.3 is 19.7 Å². The van der Waals surface area contributed by atoms with E-state index in [-0.39, 0.29) is 42.2 Å². The van der Waals surface area contributed by atoms with E-state index in [1.54, 1.807) is 24.3 Å². The highest BCUT2D eigenvalue weighted by Crippen LogP contribution is 2.25. The molecule has 2 unspecified atom stereocenters. The van der Waals surface area contributed by atoms with Gasteiger partial charge in [-0.05, 0) is 44.0 Å². The monoisotopic (exact) mass is 450 g/mol. The highest BCUT2D eigenvalue weighted by molar-refractivity contribution is 5.99. The smallest absolute Gasteiger partial charge is 0.338 e. The van der Waals surface area contributed by atoms with Crippen molar-refractivity contribution in [1.29, 1.82) is 0 Å². The Morgan fingerprint density at radius 3 is 2.48 bits per heavy atom. The Morgan fingerprint density at radius 2 is 1.76 bits per heavy atom. The summed E-state index contributed by atoms with van der Waals surface area (Å²) in [6.07, 6.45) is 1.08. The molecule has 0 bridgehead atoms. The molecule has 2 aliphatic rings. The van der Waals surface area contributed by atoms with Crippen molar-refractivity contribution in [3.05, 3.63) is 65.2 Å². The number of anilines is 1. The third kappa shape index (κ3) is 5.46. The van der Waals surface area contributed by atoms with Crippen LogP contribution in [0.15, 0.2) is 48.5 Å². The van der Waals surface area contributed by atoms with Crippen LogP contribution in [-0.2, 0) is 19.1 Å². The number of nitrogens with one attached hydrogen (secondary N) is 1. The van der Waals surface area contributed by atoms with E-state index in [2.05, 4.69) is 5.32 Å². The molecule has 8 heteroatoms. The zero-order chi connectivity index (χ0) is 23.4. The van der Waals surface area contributed by atoms with Crippen LogP contribution in [-0.4, -0.2) is 60.4 Å². The second kappa shape index (κ2) is 9.95. The van der Waals surface area contributed by atoms with Gasteiger partial charge in [0.15, 0.2) is 12.4 Å². The molecular weight excluding hydrogens is 424 g/mol. The van der Waals surface area contributed by atoms with E-state index >= 15 is 0 Å². The molecule has 0 radical (unpaired) electrons. The number of ketones is 1. The number of benzene rings is 2. The van der Waals surface area contributed by atoms with Gasteiger partial charge in [-0.25, -0.2) is 4.79 Å². The third-order valence-corrected chi connectivity index (χ3v) is 5.91. The van der Waals surface area contributed by atoms with Crippen LogP contribution in [0.1, 0.15) is 45.5 Å². The summed E-state index contributed by atoms with van der Waals surface area (Å²) in [5.74, 6) is -1.39. The van der Waals surface area contributed by atoms with E-state index in [9.17, 15) is 19.2 Å². The van der Waals surface area contributed by atoms with Crippen LogP contribution in [0, 0.1) is 6.92 Å². The molecule has 0 aliphatic carbocycles. The van der Waals surface area contributed by atoms with Crippen molar-refractivity contribution in [2.75, 3.05) is 25.1 Å². The minimum Gasteiger partial charge on any atom is -0.454 e. The molecular formula is C25H26N2O6. The van der Waals surface area contributed by atoms with Gasteiger partial charge in [-0.1, -0.05) is 29.8 Å². The van der Waals surface area contributed by atoms with Crippen molar-refractivity contribution in [2.45, 2.75) is 38.3 Å². The maximum absolute atomic E-state index is 12.5. The Balaban J connectivity index is 1.25. The van der Waals surface area contributed by atoms with Gasteiger partial charge in [0.1, 0.15) is 6.10 Å². The number of esters is 1. The normalized spacial score (nSPS) is 19.7. The number of hydrogen-bond acceptors (Lipinski definition) is 6. The molecule has 2 heterocycles. The maximum Gasteiger partial charge on any atom is 0.338 e. The van der Waals surface area contributed by atoms with Crippen molar-refractivity contribution in [1.82, 2.24) is 4.90 Å². The molecule has 2 amide bonds. The van der Waals surface area contributed by atoms with Crippen molar-refractivity contribution in [2.24, 2.45) is 0 Å². The number of aryl methyl sites for hydroxylation is 1. The molecule has 2 atom stereocenters. The number of Topliss-reactive ketones (excluding diaryl/α,β-unsaturated/α-hetero) is 1. The summed E-state index contributed by atoms with van der Waals surface area (Å²) in [5, 5.41) is 2.72. The van der Waals surface area contributed by atoms with Crippen molar-refractivity contribution in [3.8, 4) is 0 Å². The van der Waals surface area contributed by atoms with Crippen LogP contribution in [0.3, 0.4) is 0 Å². The minimum atomic E-state index is -0.764. The lowest BCUT2D eigenvalue weighted by molar-refractivity contribution is -0.158. The van der Waals surface area contributed by atoms with Gasteiger partial charge in [0.2, 0.25) is 5.91 Å². The molecule has 2 aliphatic heterocycles. The standard InChI is InChI=1S/C25H26N2O6/c1-16-4-6-17(7-5-16)21(28)15-33-25(31)18-8-10-19(11-9-18)26-23(29)13-22-24(30)27-12-2-3-20(27)14-32-22/h4-11,20,22H,2-3,12-15H2,1H3,(H,26,29). The van der Waals surface area contributed by atoms with E-state index in [1.165, 1.54) is 12.1 Å². The van der Waals surface area contributed by atoms with Crippen LogP contribution in [0.2, 0.25) is 0 Å². The molecule has 1 N–H and O–H groups in total. The summed E-state index contributed by atoms with van der Waals surface area (Å²) in [7, 11) is 0. The average Bonchev–Trinajstić information content (AvgIpc) is 3.30. The lowest BCUT2D eigenvalue weighted by Crippen LogP contribution is -2.51. The summed E-state index contributed by atoms with van der Waals surface area (Å²) in [6, 6.07) is 13.3. The second-order valence-corrected chi connectivity index (χ2v) is 8.34. The fourth-order valence-corrected chi connectivity index (χ4v) is 4.04. The molecule has 0 spiro atoms. The van der Waals surface area contributed by atoms with Gasteiger partial charge in [0.05, 0.1) is 24.6 Å². The van der Waals surface area contributed by atoms with E-state index in [0.29, 0.717) is 17.9 Å². The number of morpholine rings is 1. The molecule has 2 fully saturated rings. The first-order chi connectivity index (χ1) is 15.9. The van der Waals surface area contributed by atoms with Crippen LogP contribution in [0.5, 0.6) is 0 Å². The summed E-state index contributed by atoms with van der Waals surface area (Å²) in [6.45, 7) is 2.76. The number of carbonyl (C=O) groups is 4. The van der Waals surface area contributed by atoms with Gasteiger partial charge in [0, 0.05) is 17.8 Å². The van der Waals surface area contributed by atoms with E-state index in [0.717, 1.165) is 24.9 Å².